The summed E-state index contributed by atoms with van der Waals surface area (Å²) in [5, 5.41) is 4.60. The Kier molecular flexibility index (Phi) is 2.56. The fraction of sp³-hybridized carbons (Fsp3) is 0.111. The van der Waals surface area contributed by atoms with Crippen LogP contribution in [0.1, 0.15) is 0 Å². The highest BCUT2D eigenvalue weighted by atomic mass is 79.9. The summed E-state index contributed by atoms with van der Waals surface area (Å²) in [5.41, 5.74) is 0.831. The van der Waals surface area contributed by atoms with E-state index in [0.717, 1.165) is 21.2 Å². The molecule has 0 saturated heterocycles. The summed E-state index contributed by atoms with van der Waals surface area (Å²) in [4.78, 5) is 8.25. The molecule has 2 rings (SSSR count). The second-order valence-electron chi connectivity index (χ2n) is 2.76. The molecule has 2 aromatic rings. The van der Waals surface area contributed by atoms with Gasteiger partial charge in [0, 0.05) is 16.9 Å². The Morgan fingerprint density at radius 1 is 1.36 bits per heavy atom. The molecule has 3 nitrogen and oxygen atoms in total. The summed E-state index contributed by atoms with van der Waals surface area (Å²) in [6.45, 7) is 0. The van der Waals surface area contributed by atoms with Gasteiger partial charge < -0.3 is 5.32 Å². The van der Waals surface area contributed by atoms with Crippen molar-refractivity contribution in [1.29, 1.82) is 0 Å². The van der Waals surface area contributed by atoms with Gasteiger partial charge in [0.25, 0.3) is 0 Å². The topological polar surface area (TPSA) is 37.8 Å². The predicted octanol–water partition coefficient (Wildman–Crippen LogP) is 3.09. The molecule has 0 spiro atoms. The van der Waals surface area contributed by atoms with Crippen LogP contribution < -0.4 is 5.32 Å². The van der Waals surface area contributed by atoms with E-state index in [9.17, 15) is 0 Å². The smallest absolute Gasteiger partial charge is 0.137 e. The number of fused-ring (bicyclic) bond motifs is 1. The SMILES string of the molecule is CNc1ncnc2cc(Cl)c(Br)cc12. The molecule has 1 aromatic carbocycles. The Morgan fingerprint density at radius 2 is 2.14 bits per heavy atom. The molecule has 5 heteroatoms. The van der Waals surface area contributed by atoms with E-state index in [4.69, 9.17) is 11.6 Å². The van der Waals surface area contributed by atoms with Gasteiger partial charge in [-0.2, -0.15) is 0 Å². The lowest BCUT2D eigenvalue weighted by Gasteiger charge is -2.04. The van der Waals surface area contributed by atoms with Crippen molar-refractivity contribution in [2.24, 2.45) is 0 Å². The Hall–Kier alpha value is -0.870. The molecular weight excluding hydrogens is 265 g/mol. The first-order valence-electron chi connectivity index (χ1n) is 4.00. The average molecular weight is 273 g/mol. The van der Waals surface area contributed by atoms with E-state index in [2.05, 4.69) is 31.2 Å². The van der Waals surface area contributed by atoms with Crippen molar-refractivity contribution in [3.63, 3.8) is 0 Å². The van der Waals surface area contributed by atoms with Crippen LogP contribution in [0.15, 0.2) is 22.9 Å². The molecule has 0 aliphatic carbocycles. The molecule has 0 aliphatic rings. The fourth-order valence-electron chi connectivity index (χ4n) is 1.25. The van der Waals surface area contributed by atoms with Crippen LogP contribution in [0, 0.1) is 0 Å². The summed E-state index contributed by atoms with van der Waals surface area (Å²) in [5.74, 6) is 0.798. The normalized spacial score (nSPS) is 10.5. The molecule has 1 heterocycles. The molecular formula is C9H7BrClN3. The maximum atomic E-state index is 5.96. The summed E-state index contributed by atoms with van der Waals surface area (Å²) in [7, 11) is 1.82. The number of nitrogens with zero attached hydrogens (tertiary/aromatic N) is 2. The predicted molar refractivity (Wildman–Crippen MR) is 61.8 cm³/mol. The van der Waals surface area contributed by atoms with E-state index in [1.54, 1.807) is 0 Å². The zero-order valence-electron chi connectivity index (χ0n) is 7.38. The Labute approximate surface area is 94.6 Å². The largest absolute Gasteiger partial charge is 0.373 e. The van der Waals surface area contributed by atoms with E-state index >= 15 is 0 Å². The third kappa shape index (κ3) is 1.55. The number of hydrogen-bond donors (Lipinski definition) is 1. The van der Waals surface area contributed by atoms with Gasteiger partial charge >= 0.3 is 0 Å². The summed E-state index contributed by atoms with van der Waals surface area (Å²) >= 11 is 9.32. The average Bonchev–Trinajstić information content (AvgIpc) is 2.19. The van der Waals surface area contributed by atoms with Gasteiger partial charge in [-0.25, -0.2) is 9.97 Å². The Balaban J connectivity index is 2.81. The number of halogens is 2. The van der Waals surface area contributed by atoms with Crippen LogP contribution in [-0.4, -0.2) is 17.0 Å². The van der Waals surface area contributed by atoms with E-state index in [-0.39, 0.29) is 0 Å². The first-order valence-corrected chi connectivity index (χ1v) is 5.17. The number of anilines is 1. The molecule has 0 fully saturated rings. The minimum Gasteiger partial charge on any atom is -0.373 e. The minimum atomic E-state index is 0.651. The highest BCUT2D eigenvalue weighted by Gasteiger charge is 2.05. The van der Waals surface area contributed by atoms with E-state index < -0.39 is 0 Å². The van der Waals surface area contributed by atoms with Crippen LogP contribution in [0.2, 0.25) is 5.02 Å². The van der Waals surface area contributed by atoms with E-state index in [1.807, 2.05) is 19.2 Å². The van der Waals surface area contributed by atoms with Gasteiger partial charge in [-0.15, -0.1) is 0 Å². The molecule has 0 unspecified atom stereocenters. The zero-order valence-corrected chi connectivity index (χ0v) is 9.72. The van der Waals surface area contributed by atoms with Crippen molar-refractivity contribution in [2.75, 3.05) is 12.4 Å². The number of aromatic nitrogens is 2. The van der Waals surface area contributed by atoms with Gasteiger partial charge in [-0.3, -0.25) is 0 Å². The third-order valence-corrected chi connectivity index (χ3v) is 3.11. The van der Waals surface area contributed by atoms with Crippen molar-refractivity contribution in [2.45, 2.75) is 0 Å². The number of hydrogen-bond acceptors (Lipinski definition) is 3. The maximum Gasteiger partial charge on any atom is 0.137 e. The van der Waals surface area contributed by atoms with Crippen LogP contribution in [0.25, 0.3) is 10.9 Å². The molecule has 0 atom stereocenters. The molecule has 14 heavy (non-hydrogen) atoms. The van der Waals surface area contributed by atoms with Gasteiger partial charge in [0.15, 0.2) is 0 Å². The lowest BCUT2D eigenvalue weighted by molar-refractivity contribution is 1.21. The molecule has 0 saturated carbocycles. The van der Waals surface area contributed by atoms with Crippen LogP contribution in [0.3, 0.4) is 0 Å². The molecule has 1 N–H and O–H groups in total. The summed E-state index contributed by atoms with van der Waals surface area (Å²) < 4.78 is 0.845. The van der Waals surface area contributed by atoms with Crippen molar-refractivity contribution >= 4 is 44.3 Å². The lowest BCUT2D eigenvalue weighted by atomic mass is 10.2. The zero-order chi connectivity index (χ0) is 10.1. The Bertz CT molecular complexity index is 487. The van der Waals surface area contributed by atoms with Crippen LogP contribution >= 0.6 is 27.5 Å². The van der Waals surface area contributed by atoms with E-state index in [0.29, 0.717) is 5.02 Å². The van der Waals surface area contributed by atoms with E-state index in [1.165, 1.54) is 6.33 Å². The van der Waals surface area contributed by atoms with Crippen molar-refractivity contribution in [3.05, 3.63) is 28.0 Å². The maximum absolute atomic E-state index is 5.96. The summed E-state index contributed by atoms with van der Waals surface area (Å²) in [6.07, 6.45) is 1.51. The second-order valence-corrected chi connectivity index (χ2v) is 4.02. The van der Waals surface area contributed by atoms with Crippen LogP contribution in [0.5, 0.6) is 0 Å². The molecule has 0 radical (unpaired) electrons. The molecule has 72 valence electrons. The molecule has 0 amide bonds. The first kappa shape index (κ1) is 9.68. The molecule has 0 bridgehead atoms. The highest BCUT2D eigenvalue weighted by molar-refractivity contribution is 9.10. The quantitative estimate of drug-likeness (QED) is 0.867. The van der Waals surface area contributed by atoms with Crippen molar-refractivity contribution in [3.8, 4) is 0 Å². The van der Waals surface area contributed by atoms with Crippen molar-refractivity contribution < 1.29 is 0 Å². The van der Waals surface area contributed by atoms with Gasteiger partial charge in [-0.05, 0) is 28.1 Å². The van der Waals surface area contributed by atoms with Crippen LogP contribution in [0.4, 0.5) is 5.82 Å². The van der Waals surface area contributed by atoms with Gasteiger partial charge in [0.2, 0.25) is 0 Å². The molecule has 1 aromatic heterocycles. The second kappa shape index (κ2) is 3.71. The fourth-order valence-corrected chi connectivity index (χ4v) is 1.75. The molecule has 0 aliphatic heterocycles. The number of rotatable bonds is 1. The minimum absolute atomic E-state index is 0.651. The Morgan fingerprint density at radius 3 is 2.86 bits per heavy atom. The van der Waals surface area contributed by atoms with Crippen molar-refractivity contribution in [1.82, 2.24) is 9.97 Å². The van der Waals surface area contributed by atoms with Gasteiger partial charge in [0.05, 0.1) is 10.5 Å². The number of nitrogens with one attached hydrogen (secondary N) is 1. The monoisotopic (exact) mass is 271 g/mol. The lowest BCUT2D eigenvalue weighted by Crippen LogP contribution is -1.94. The van der Waals surface area contributed by atoms with Crippen LogP contribution in [-0.2, 0) is 0 Å². The standard InChI is InChI=1S/C9H7BrClN3/c1-12-9-5-2-6(10)7(11)3-8(5)13-4-14-9/h2-4H,1H3,(H,12,13,14). The summed E-state index contributed by atoms with van der Waals surface area (Å²) in [6, 6.07) is 3.72. The number of benzene rings is 1. The van der Waals surface area contributed by atoms with Gasteiger partial charge in [-0.1, -0.05) is 11.6 Å². The third-order valence-electron chi connectivity index (χ3n) is 1.91. The van der Waals surface area contributed by atoms with Gasteiger partial charge in [0.1, 0.15) is 12.1 Å². The first-order chi connectivity index (χ1) is 6.72. The highest BCUT2D eigenvalue weighted by Crippen LogP contribution is 2.29.